The number of likely N-dealkylation sites (N-methyl/N-ethyl adjacent to an activating group) is 1. The number of hydrogen-bond acceptors (Lipinski definition) is 6. The second-order valence-electron chi connectivity index (χ2n) is 6.97. The van der Waals surface area contributed by atoms with Crippen LogP contribution < -0.4 is 5.32 Å². The van der Waals surface area contributed by atoms with Crippen LogP contribution in [0.5, 0.6) is 0 Å². The molecule has 9 nitrogen and oxygen atoms in total. The lowest BCUT2D eigenvalue weighted by Gasteiger charge is -2.36. The quantitative estimate of drug-likeness (QED) is 0.177. The average molecular weight is 566 g/mol. The van der Waals surface area contributed by atoms with Gasteiger partial charge in [-0.25, -0.2) is 13.4 Å². The molecule has 1 aliphatic heterocycles. The minimum Gasteiger partial charge on any atom is -0.378 e. The van der Waals surface area contributed by atoms with E-state index in [0.29, 0.717) is 32.1 Å². The summed E-state index contributed by atoms with van der Waals surface area (Å²) < 4.78 is 31.8. The zero-order valence-electron chi connectivity index (χ0n) is 18.1. The monoisotopic (exact) mass is 565 g/mol. The van der Waals surface area contributed by atoms with E-state index in [1.54, 1.807) is 25.9 Å². The highest BCUT2D eigenvalue weighted by molar-refractivity contribution is 14.0. The van der Waals surface area contributed by atoms with Crippen LogP contribution in [0.3, 0.4) is 0 Å². The molecular weight excluding hydrogens is 529 g/mol. The minimum atomic E-state index is -3.33. The number of hydrogen-bond donors (Lipinski definition) is 1. The number of thioether (sulfide) groups is 1. The second-order valence-corrected chi connectivity index (χ2v) is 10.0. The van der Waals surface area contributed by atoms with Crippen molar-refractivity contribution in [3.05, 3.63) is 0 Å². The Morgan fingerprint density at radius 3 is 2.38 bits per heavy atom. The molecule has 1 heterocycles. The minimum absolute atomic E-state index is 0. The van der Waals surface area contributed by atoms with E-state index in [9.17, 15) is 13.2 Å². The summed E-state index contributed by atoms with van der Waals surface area (Å²) in [7, 11) is 0.0707. The van der Waals surface area contributed by atoms with Crippen molar-refractivity contribution in [1.29, 1.82) is 0 Å². The van der Waals surface area contributed by atoms with E-state index in [-0.39, 0.29) is 54.9 Å². The van der Waals surface area contributed by atoms with E-state index >= 15 is 0 Å². The summed E-state index contributed by atoms with van der Waals surface area (Å²) in [6.45, 7) is 6.64. The van der Waals surface area contributed by atoms with Gasteiger partial charge in [0.1, 0.15) is 6.54 Å². The molecule has 0 atom stereocenters. The highest BCUT2D eigenvalue weighted by atomic mass is 127. The number of ether oxygens (including phenoxy) is 1. The van der Waals surface area contributed by atoms with Crippen LogP contribution in [0.25, 0.3) is 0 Å². The molecule has 0 radical (unpaired) electrons. The Morgan fingerprint density at radius 2 is 1.86 bits per heavy atom. The van der Waals surface area contributed by atoms with Crippen molar-refractivity contribution in [3.63, 3.8) is 0 Å². The van der Waals surface area contributed by atoms with Gasteiger partial charge in [-0.2, -0.15) is 16.1 Å². The predicted molar refractivity (Wildman–Crippen MR) is 131 cm³/mol. The lowest BCUT2D eigenvalue weighted by Crippen LogP contribution is -2.54. The van der Waals surface area contributed by atoms with Gasteiger partial charge in [0.2, 0.25) is 15.9 Å². The maximum atomic E-state index is 12.5. The number of aliphatic imine (C=N–C) groups is 1. The first kappa shape index (κ1) is 28.7. The topological polar surface area (TPSA) is 94.5 Å². The first-order valence-corrected chi connectivity index (χ1v) is 12.5. The zero-order valence-corrected chi connectivity index (χ0v) is 22.1. The molecule has 1 fully saturated rings. The number of sulfonamides is 1. The fourth-order valence-corrected chi connectivity index (χ4v) is 4.10. The number of piperazine rings is 1. The smallest absolute Gasteiger partial charge is 0.243 e. The van der Waals surface area contributed by atoms with Gasteiger partial charge in [0.15, 0.2) is 5.96 Å². The Kier molecular flexibility index (Phi) is 14.5. The number of carbonyl (C=O) groups excluding carboxylic acids is 1. The number of rotatable bonds is 10. The van der Waals surface area contributed by atoms with Crippen molar-refractivity contribution in [2.75, 3.05) is 77.7 Å². The Bertz CT molecular complexity index is 609. The molecule has 1 amide bonds. The number of nitrogens with zero attached hydrogens (tertiary/aromatic N) is 4. The molecule has 0 aromatic heterocycles. The highest BCUT2D eigenvalue weighted by Crippen LogP contribution is 2.09. The summed E-state index contributed by atoms with van der Waals surface area (Å²) in [5.74, 6) is 1.50. The van der Waals surface area contributed by atoms with Crippen LogP contribution in [0.2, 0.25) is 0 Å². The average Bonchev–Trinajstić information content (AvgIpc) is 2.63. The van der Waals surface area contributed by atoms with Crippen LogP contribution in [0, 0.1) is 0 Å². The molecule has 12 heteroatoms. The van der Waals surface area contributed by atoms with E-state index in [4.69, 9.17) is 4.74 Å². The summed E-state index contributed by atoms with van der Waals surface area (Å²) in [6, 6.07) is 0. The fourth-order valence-electron chi connectivity index (χ4n) is 2.51. The van der Waals surface area contributed by atoms with Gasteiger partial charge in [-0.05, 0) is 20.1 Å². The number of carbonyl (C=O) groups is 1. The SMILES string of the molecule is CSCCNC(=NCC(=O)N(C)C)N1CCN(S(=O)(=O)CCOC(C)C)CC1.I. The Balaban J connectivity index is 0.00000784. The molecule has 1 saturated heterocycles. The van der Waals surface area contributed by atoms with Crippen LogP contribution in [0.15, 0.2) is 4.99 Å². The molecule has 0 aromatic carbocycles. The third-order valence-corrected chi connectivity index (χ3v) is 6.62. The molecule has 1 aliphatic rings. The van der Waals surface area contributed by atoms with Gasteiger partial charge >= 0.3 is 0 Å². The summed E-state index contributed by atoms with van der Waals surface area (Å²) in [4.78, 5) is 19.8. The Morgan fingerprint density at radius 1 is 1.24 bits per heavy atom. The molecule has 0 bridgehead atoms. The van der Waals surface area contributed by atoms with Crippen molar-refractivity contribution >= 4 is 57.6 Å². The van der Waals surface area contributed by atoms with Gasteiger partial charge in [0.05, 0.1) is 18.5 Å². The summed E-state index contributed by atoms with van der Waals surface area (Å²) >= 11 is 1.72. The molecule has 1 rings (SSSR count). The number of amides is 1. The molecule has 29 heavy (non-hydrogen) atoms. The van der Waals surface area contributed by atoms with Crippen molar-refractivity contribution in [2.45, 2.75) is 20.0 Å². The Labute approximate surface area is 197 Å². The third kappa shape index (κ3) is 11.0. The number of halogens is 1. The van der Waals surface area contributed by atoms with Crippen LogP contribution in [-0.2, 0) is 19.6 Å². The highest BCUT2D eigenvalue weighted by Gasteiger charge is 2.28. The van der Waals surface area contributed by atoms with Crippen LogP contribution in [0.1, 0.15) is 13.8 Å². The van der Waals surface area contributed by atoms with Crippen molar-refractivity contribution < 1.29 is 17.9 Å². The lowest BCUT2D eigenvalue weighted by atomic mass is 10.4. The normalized spacial score (nSPS) is 15.9. The second kappa shape index (κ2) is 14.7. The summed E-state index contributed by atoms with van der Waals surface area (Å²) in [5.41, 5.74) is 0. The number of nitrogens with one attached hydrogen (secondary N) is 1. The summed E-state index contributed by atoms with van der Waals surface area (Å²) in [5, 5.41) is 3.28. The molecule has 0 saturated carbocycles. The molecular formula is C17H36IN5O4S2. The maximum absolute atomic E-state index is 12.5. The molecule has 0 unspecified atom stereocenters. The van der Waals surface area contributed by atoms with E-state index in [1.807, 2.05) is 25.0 Å². The fraction of sp³-hybridized carbons (Fsp3) is 0.882. The number of guanidine groups is 1. The predicted octanol–water partition coefficient (Wildman–Crippen LogP) is 0.374. The third-order valence-electron chi connectivity index (χ3n) is 4.18. The van der Waals surface area contributed by atoms with Crippen LogP contribution in [-0.4, -0.2) is 118 Å². The molecule has 0 aliphatic carbocycles. The van der Waals surface area contributed by atoms with Gasteiger partial charge in [0, 0.05) is 52.6 Å². The summed E-state index contributed by atoms with van der Waals surface area (Å²) in [6.07, 6.45) is 2.05. The molecule has 172 valence electrons. The van der Waals surface area contributed by atoms with E-state index in [1.165, 1.54) is 9.21 Å². The maximum Gasteiger partial charge on any atom is 0.243 e. The first-order valence-electron chi connectivity index (χ1n) is 9.49. The molecule has 0 aromatic rings. The van der Waals surface area contributed by atoms with Gasteiger partial charge in [-0.1, -0.05) is 0 Å². The van der Waals surface area contributed by atoms with E-state index in [2.05, 4.69) is 10.3 Å². The van der Waals surface area contributed by atoms with Crippen LogP contribution >= 0.6 is 35.7 Å². The lowest BCUT2D eigenvalue weighted by molar-refractivity contribution is -0.127. The Hall–Kier alpha value is -0.310. The first-order chi connectivity index (χ1) is 13.2. The van der Waals surface area contributed by atoms with Crippen LogP contribution in [0.4, 0.5) is 0 Å². The van der Waals surface area contributed by atoms with E-state index in [0.717, 1.165) is 12.3 Å². The van der Waals surface area contributed by atoms with Gasteiger partial charge in [-0.15, -0.1) is 24.0 Å². The zero-order chi connectivity index (χ0) is 21.2. The van der Waals surface area contributed by atoms with E-state index < -0.39 is 10.0 Å². The standard InChI is InChI=1S/C17H35N5O4S2.HI/c1-15(2)26-11-13-28(24,25)22-9-7-21(8-10-22)17(18-6-12-27-5)19-14-16(23)20(3)4;/h15H,6-14H2,1-5H3,(H,18,19);1H. The van der Waals surface area contributed by atoms with Crippen molar-refractivity contribution in [1.82, 2.24) is 19.4 Å². The van der Waals surface area contributed by atoms with Crippen molar-refractivity contribution in [2.24, 2.45) is 4.99 Å². The van der Waals surface area contributed by atoms with Crippen molar-refractivity contribution in [3.8, 4) is 0 Å². The molecule has 0 spiro atoms. The van der Waals surface area contributed by atoms with Gasteiger partial charge in [-0.3, -0.25) is 4.79 Å². The molecule has 1 N–H and O–H groups in total. The van der Waals surface area contributed by atoms with Gasteiger partial charge < -0.3 is 19.9 Å². The van der Waals surface area contributed by atoms with Gasteiger partial charge in [0.25, 0.3) is 0 Å². The largest absolute Gasteiger partial charge is 0.378 e.